The van der Waals surface area contributed by atoms with E-state index in [1.807, 2.05) is 6.20 Å². The maximum absolute atomic E-state index is 3.73. The molecule has 0 spiro atoms. The minimum atomic E-state index is 1.12. The Morgan fingerprint density at radius 1 is 1.75 bits per heavy atom. The Balaban J connectivity index is 2.50. The van der Waals surface area contributed by atoms with Crippen LogP contribution in [0.5, 0.6) is 0 Å². The number of hydrogen-bond donors (Lipinski definition) is 0. The lowest BCUT2D eigenvalue weighted by Crippen LogP contribution is -1.72. The summed E-state index contributed by atoms with van der Waals surface area (Å²) in [5.41, 5.74) is 0. The Morgan fingerprint density at radius 3 is 3.12 bits per heavy atom. The van der Waals surface area contributed by atoms with Crippen LogP contribution in [0.4, 0.5) is 0 Å². The lowest BCUT2D eigenvalue weighted by atomic mass is 10.3. The summed E-state index contributed by atoms with van der Waals surface area (Å²) in [5.74, 6) is 0. The van der Waals surface area contributed by atoms with Crippen molar-refractivity contribution in [2.24, 2.45) is 0 Å². The van der Waals surface area contributed by atoms with Gasteiger partial charge >= 0.3 is 0 Å². The fourth-order valence-electron chi connectivity index (χ4n) is 0.544. The largest absolute Gasteiger partial charge is 0.146 e. The van der Waals surface area contributed by atoms with E-state index in [2.05, 4.69) is 16.5 Å². The lowest BCUT2D eigenvalue weighted by molar-refractivity contribution is 0.935. The second kappa shape index (κ2) is 2.77. The number of rotatable bonds is 2. The molecule has 0 aliphatic heterocycles. The van der Waals surface area contributed by atoms with Gasteiger partial charge in [-0.15, -0.1) is 5.10 Å². The average Bonchev–Trinajstić information content (AvgIpc) is 2.19. The Labute approximate surface area is 52.7 Å². The van der Waals surface area contributed by atoms with Gasteiger partial charge in [-0.3, -0.25) is 0 Å². The smallest absolute Gasteiger partial charge is 0.0653 e. The van der Waals surface area contributed by atoms with Crippen LogP contribution in [0.25, 0.3) is 0 Å². The van der Waals surface area contributed by atoms with Crippen LogP contribution < -0.4 is 0 Å². The van der Waals surface area contributed by atoms with Crippen molar-refractivity contribution >= 4 is 11.5 Å². The van der Waals surface area contributed by atoms with Gasteiger partial charge in [0.1, 0.15) is 0 Å². The number of aryl methyl sites for hydroxylation is 1. The molecule has 0 radical (unpaired) electrons. The van der Waals surface area contributed by atoms with Crippen molar-refractivity contribution in [1.82, 2.24) is 9.59 Å². The van der Waals surface area contributed by atoms with Gasteiger partial charge in [0.2, 0.25) is 0 Å². The minimum Gasteiger partial charge on any atom is -0.146 e. The molecule has 44 valence electrons. The summed E-state index contributed by atoms with van der Waals surface area (Å²) in [6.45, 7) is 2.15. The molecule has 0 saturated heterocycles. The average molecular weight is 128 g/mol. The molecular formula is C5H8N2S. The Kier molecular flexibility index (Phi) is 1.97. The van der Waals surface area contributed by atoms with E-state index in [1.54, 1.807) is 0 Å². The lowest BCUT2D eigenvalue weighted by Gasteiger charge is -1.82. The van der Waals surface area contributed by atoms with Crippen LogP contribution in [0.15, 0.2) is 6.20 Å². The molecule has 0 amide bonds. The third-order valence-corrected chi connectivity index (χ3v) is 1.62. The standard InChI is InChI=1S/C5H8N2S/c1-2-3-5-4-6-7-8-5/h4H,2-3H2,1H3. The summed E-state index contributed by atoms with van der Waals surface area (Å²) in [5, 5.41) is 3.71. The van der Waals surface area contributed by atoms with Gasteiger partial charge in [0.05, 0.1) is 6.20 Å². The van der Waals surface area contributed by atoms with Gasteiger partial charge in [-0.2, -0.15) is 0 Å². The van der Waals surface area contributed by atoms with Crippen LogP contribution in [0.2, 0.25) is 0 Å². The first-order valence-corrected chi connectivity index (χ1v) is 3.47. The van der Waals surface area contributed by atoms with Crippen LogP contribution in [0.1, 0.15) is 18.2 Å². The third kappa shape index (κ3) is 1.26. The molecule has 2 nitrogen and oxygen atoms in total. The fourth-order valence-corrected chi connectivity index (χ4v) is 1.13. The van der Waals surface area contributed by atoms with Crippen molar-refractivity contribution in [1.29, 1.82) is 0 Å². The van der Waals surface area contributed by atoms with Gasteiger partial charge in [0.25, 0.3) is 0 Å². The number of aromatic nitrogens is 2. The predicted octanol–water partition coefficient (Wildman–Crippen LogP) is 1.49. The molecule has 0 unspecified atom stereocenters. The Hall–Kier alpha value is -0.440. The number of nitrogens with zero attached hydrogens (tertiary/aromatic N) is 2. The Morgan fingerprint density at radius 2 is 2.62 bits per heavy atom. The fraction of sp³-hybridized carbons (Fsp3) is 0.600. The summed E-state index contributed by atoms with van der Waals surface area (Å²) in [4.78, 5) is 1.28. The molecule has 1 rings (SSSR count). The molecule has 0 aromatic carbocycles. The molecule has 8 heavy (non-hydrogen) atoms. The van der Waals surface area contributed by atoms with Gasteiger partial charge < -0.3 is 0 Å². The second-order valence-electron chi connectivity index (χ2n) is 1.63. The maximum atomic E-state index is 3.73. The molecule has 1 heterocycles. The zero-order chi connectivity index (χ0) is 5.82. The monoisotopic (exact) mass is 128 g/mol. The molecule has 0 N–H and O–H groups in total. The molecule has 1 aromatic rings. The van der Waals surface area contributed by atoms with Crippen molar-refractivity contribution in [2.45, 2.75) is 19.8 Å². The highest BCUT2D eigenvalue weighted by Crippen LogP contribution is 2.03. The SMILES string of the molecule is CCCc1cnns1. The van der Waals surface area contributed by atoms with Gasteiger partial charge in [-0.25, -0.2) is 0 Å². The van der Waals surface area contributed by atoms with Crippen molar-refractivity contribution in [3.8, 4) is 0 Å². The summed E-state index contributed by atoms with van der Waals surface area (Å²) < 4.78 is 3.73. The van der Waals surface area contributed by atoms with Crippen LogP contribution >= 0.6 is 11.5 Å². The highest BCUT2D eigenvalue weighted by Gasteiger charge is 1.90. The first kappa shape index (κ1) is 5.69. The van der Waals surface area contributed by atoms with Crippen molar-refractivity contribution < 1.29 is 0 Å². The molecule has 0 aliphatic rings. The van der Waals surface area contributed by atoms with Gasteiger partial charge in [-0.1, -0.05) is 17.8 Å². The Bertz CT molecular complexity index is 136. The van der Waals surface area contributed by atoms with Crippen molar-refractivity contribution in [3.05, 3.63) is 11.1 Å². The molecule has 1 aromatic heterocycles. The molecule has 3 heteroatoms. The molecule has 0 saturated carbocycles. The predicted molar refractivity (Wildman–Crippen MR) is 33.9 cm³/mol. The molecule has 0 aliphatic carbocycles. The zero-order valence-corrected chi connectivity index (χ0v) is 5.61. The third-order valence-electron chi connectivity index (χ3n) is 0.903. The normalized spacial score (nSPS) is 9.62. The quantitative estimate of drug-likeness (QED) is 0.603. The minimum absolute atomic E-state index is 1.12. The van der Waals surface area contributed by atoms with E-state index in [1.165, 1.54) is 22.8 Å². The maximum Gasteiger partial charge on any atom is 0.0653 e. The van der Waals surface area contributed by atoms with Gasteiger partial charge in [0, 0.05) is 4.88 Å². The van der Waals surface area contributed by atoms with Crippen LogP contribution in [-0.2, 0) is 6.42 Å². The van der Waals surface area contributed by atoms with E-state index in [0.717, 1.165) is 6.42 Å². The van der Waals surface area contributed by atoms with Crippen molar-refractivity contribution in [3.63, 3.8) is 0 Å². The van der Waals surface area contributed by atoms with E-state index >= 15 is 0 Å². The van der Waals surface area contributed by atoms with E-state index in [0.29, 0.717) is 0 Å². The van der Waals surface area contributed by atoms with E-state index in [4.69, 9.17) is 0 Å². The second-order valence-corrected chi connectivity index (χ2v) is 2.50. The summed E-state index contributed by atoms with van der Waals surface area (Å²) in [6.07, 6.45) is 4.13. The molecule has 0 fully saturated rings. The molecule has 0 bridgehead atoms. The van der Waals surface area contributed by atoms with E-state index < -0.39 is 0 Å². The number of hydrogen-bond acceptors (Lipinski definition) is 3. The summed E-state index contributed by atoms with van der Waals surface area (Å²) in [6, 6.07) is 0. The zero-order valence-electron chi connectivity index (χ0n) is 4.79. The van der Waals surface area contributed by atoms with Crippen molar-refractivity contribution in [2.75, 3.05) is 0 Å². The van der Waals surface area contributed by atoms with Crippen LogP contribution in [0.3, 0.4) is 0 Å². The van der Waals surface area contributed by atoms with Crippen LogP contribution in [0, 0.1) is 0 Å². The highest BCUT2D eigenvalue weighted by atomic mass is 32.1. The molecule has 0 atom stereocenters. The van der Waals surface area contributed by atoms with E-state index in [-0.39, 0.29) is 0 Å². The van der Waals surface area contributed by atoms with Crippen LogP contribution in [-0.4, -0.2) is 9.59 Å². The van der Waals surface area contributed by atoms with Gasteiger partial charge in [0.15, 0.2) is 0 Å². The first-order valence-electron chi connectivity index (χ1n) is 2.69. The molecular weight excluding hydrogens is 120 g/mol. The van der Waals surface area contributed by atoms with Gasteiger partial charge in [-0.05, 0) is 18.0 Å². The van der Waals surface area contributed by atoms with E-state index in [9.17, 15) is 0 Å². The first-order chi connectivity index (χ1) is 3.93. The summed E-state index contributed by atoms with van der Waals surface area (Å²) in [7, 11) is 0. The summed E-state index contributed by atoms with van der Waals surface area (Å²) >= 11 is 1.49. The topological polar surface area (TPSA) is 25.8 Å². The highest BCUT2D eigenvalue weighted by molar-refractivity contribution is 7.05.